The van der Waals surface area contributed by atoms with Crippen molar-refractivity contribution >= 4 is 29.4 Å². The largest absolute Gasteiger partial charge is 0.388 e. The summed E-state index contributed by atoms with van der Waals surface area (Å²) < 4.78 is 0. The molecule has 1 aliphatic rings. The molecule has 5 nitrogen and oxygen atoms in total. The zero-order valence-corrected chi connectivity index (χ0v) is 18.2. The Balaban J connectivity index is 1.58. The second kappa shape index (κ2) is 10.8. The van der Waals surface area contributed by atoms with Crippen molar-refractivity contribution in [2.45, 2.75) is 18.9 Å². The molecule has 1 heterocycles. The van der Waals surface area contributed by atoms with Crippen LogP contribution in [-0.2, 0) is 4.79 Å². The van der Waals surface area contributed by atoms with Crippen LogP contribution in [0, 0.1) is 0 Å². The molecule has 2 aromatic rings. The molecule has 0 radical (unpaired) electrons. The van der Waals surface area contributed by atoms with Gasteiger partial charge in [-0.15, -0.1) is 0 Å². The molecular formula is C26H30N2O3. The van der Waals surface area contributed by atoms with Gasteiger partial charge in [0, 0.05) is 24.3 Å². The fourth-order valence-electron chi connectivity index (χ4n) is 3.68. The van der Waals surface area contributed by atoms with Gasteiger partial charge in [0.1, 0.15) is 6.61 Å². The minimum absolute atomic E-state index is 0.0361. The summed E-state index contributed by atoms with van der Waals surface area (Å²) in [5, 5.41) is 8.74. The lowest BCUT2D eigenvalue weighted by Gasteiger charge is -2.36. The van der Waals surface area contributed by atoms with Gasteiger partial charge >= 0.3 is 0 Å². The number of likely N-dealkylation sites (tertiary alicyclic amines) is 1. The van der Waals surface area contributed by atoms with Crippen molar-refractivity contribution in [3.63, 3.8) is 0 Å². The number of anilines is 1. The van der Waals surface area contributed by atoms with Crippen LogP contribution >= 0.6 is 0 Å². The zero-order valence-electron chi connectivity index (χ0n) is 18.2. The molecule has 0 bridgehead atoms. The highest BCUT2D eigenvalue weighted by Gasteiger charge is 2.20. The van der Waals surface area contributed by atoms with Gasteiger partial charge in [0.05, 0.1) is 0 Å². The summed E-state index contributed by atoms with van der Waals surface area (Å²) in [6.07, 6.45) is 8.68. The average molecular weight is 419 g/mol. The van der Waals surface area contributed by atoms with E-state index < -0.39 is 6.61 Å². The standard InChI is InChI=1S/C26H30N2O3/c1-27-17-15-24(16-18-27)28(2)23-11-9-22(10-12-23)26(31)14-8-21-5-3-20(4-6-21)7-13-25(30)19-29/h3-14,24,29H,15-19H2,1-2H3/b13-7+,14-8+. The third kappa shape index (κ3) is 6.48. The molecule has 5 heteroatoms. The molecule has 0 aliphatic carbocycles. The number of aliphatic hydroxyl groups is 1. The number of ketones is 2. The summed E-state index contributed by atoms with van der Waals surface area (Å²) in [4.78, 5) is 28.3. The lowest BCUT2D eigenvalue weighted by atomic mass is 10.0. The summed E-state index contributed by atoms with van der Waals surface area (Å²) >= 11 is 0. The predicted octanol–water partition coefficient (Wildman–Crippen LogP) is 3.69. The Kier molecular flexibility index (Phi) is 7.93. The third-order valence-corrected chi connectivity index (χ3v) is 5.78. The fourth-order valence-corrected chi connectivity index (χ4v) is 3.68. The molecule has 0 unspecified atom stereocenters. The summed E-state index contributed by atoms with van der Waals surface area (Å²) in [5.41, 5.74) is 3.56. The van der Waals surface area contributed by atoms with Gasteiger partial charge in [-0.1, -0.05) is 36.4 Å². The van der Waals surface area contributed by atoms with Gasteiger partial charge in [-0.2, -0.15) is 0 Å². The number of hydrogen-bond acceptors (Lipinski definition) is 5. The second-order valence-corrected chi connectivity index (χ2v) is 8.01. The molecule has 162 valence electrons. The van der Waals surface area contributed by atoms with Gasteiger partial charge in [0.25, 0.3) is 0 Å². The molecule has 1 aliphatic heterocycles. The smallest absolute Gasteiger partial charge is 0.185 e. The topological polar surface area (TPSA) is 60.9 Å². The number of rotatable bonds is 8. The highest BCUT2D eigenvalue weighted by atomic mass is 16.3. The van der Waals surface area contributed by atoms with Gasteiger partial charge in [0.2, 0.25) is 0 Å². The molecule has 1 saturated heterocycles. The van der Waals surface area contributed by atoms with Crippen LogP contribution in [0.25, 0.3) is 12.2 Å². The van der Waals surface area contributed by atoms with Crippen LogP contribution in [0.2, 0.25) is 0 Å². The molecule has 0 amide bonds. The van der Waals surface area contributed by atoms with Crippen molar-refractivity contribution in [2.24, 2.45) is 0 Å². The van der Waals surface area contributed by atoms with E-state index in [1.54, 1.807) is 18.2 Å². The maximum Gasteiger partial charge on any atom is 0.185 e. The molecule has 1 N–H and O–H groups in total. The van der Waals surface area contributed by atoms with E-state index in [1.165, 1.54) is 6.08 Å². The number of carbonyl (C=O) groups excluding carboxylic acids is 2. The van der Waals surface area contributed by atoms with Gasteiger partial charge < -0.3 is 14.9 Å². The minimum atomic E-state index is -0.491. The number of piperidine rings is 1. The van der Waals surface area contributed by atoms with Crippen LogP contribution in [0.1, 0.15) is 34.3 Å². The van der Waals surface area contributed by atoms with Gasteiger partial charge in [-0.05, 0) is 80.5 Å². The highest BCUT2D eigenvalue weighted by Crippen LogP contribution is 2.22. The van der Waals surface area contributed by atoms with Crippen LogP contribution in [0.5, 0.6) is 0 Å². The average Bonchev–Trinajstić information content (AvgIpc) is 2.81. The monoisotopic (exact) mass is 418 g/mol. The Hall–Kier alpha value is -3.02. The molecule has 31 heavy (non-hydrogen) atoms. The van der Waals surface area contributed by atoms with E-state index in [9.17, 15) is 9.59 Å². The Labute approximate surface area is 184 Å². The molecule has 0 atom stereocenters. The highest BCUT2D eigenvalue weighted by molar-refractivity contribution is 6.07. The van der Waals surface area contributed by atoms with Crippen molar-refractivity contribution in [2.75, 3.05) is 38.7 Å². The lowest BCUT2D eigenvalue weighted by molar-refractivity contribution is -0.117. The van der Waals surface area contributed by atoms with Gasteiger partial charge in [0.15, 0.2) is 11.6 Å². The maximum atomic E-state index is 12.5. The normalized spacial score (nSPS) is 15.6. The van der Waals surface area contributed by atoms with Gasteiger partial charge in [-0.3, -0.25) is 9.59 Å². The summed E-state index contributed by atoms with van der Waals surface area (Å²) in [5.74, 6) is -0.371. The first kappa shape index (κ1) is 22.7. The maximum absolute atomic E-state index is 12.5. The van der Waals surface area contributed by atoms with E-state index in [0.29, 0.717) is 11.6 Å². The molecule has 2 aromatic carbocycles. The zero-order chi connectivity index (χ0) is 22.2. The lowest BCUT2D eigenvalue weighted by Crippen LogP contribution is -2.41. The Bertz CT molecular complexity index is 938. The first-order chi connectivity index (χ1) is 15.0. The first-order valence-corrected chi connectivity index (χ1v) is 10.6. The number of aliphatic hydroxyl groups excluding tert-OH is 1. The molecular weight excluding hydrogens is 388 g/mol. The minimum Gasteiger partial charge on any atom is -0.388 e. The second-order valence-electron chi connectivity index (χ2n) is 8.01. The van der Waals surface area contributed by atoms with E-state index in [-0.39, 0.29) is 11.6 Å². The Morgan fingerprint density at radius 3 is 2.06 bits per heavy atom. The fraction of sp³-hybridized carbons (Fsp3) is 0.308. The van der Waals surface area contributed by atoms with Crippen LogP contribution < -0.4 is 4.90 Å². The van der Waals surface area contributed by atoms with Crippen LogP contribution in [0.15, 0.2) is 60.7 Å². The summed E-state index contributed by atoms with van der Waals surface area (Å²) in [7, 11) is 4.29. The number of benzene rings is 2. The molecule has 0 aromatic heterocycles. The SMILES string of the molecule is CN1CCC(N(C)c2ccc(C(=O)/C=C/c3ccc(/C=C/C(=O)CO)cc3)cc2)CC1. The Morgan fingerprint density at radius 2 is 1.52 bits per heavy atom. The summed E-state index contributed by atoms with van der Waals surface area (Å²) in [6.45, 7) is 1.75. The van der Waals surface area contributed by atoms with Crippen LogP contribution in [-0.4, -0.2) is 61.4 Å². The first-order valence-electron chi connectivity index (χ1n) is 10.6. The van der Waals surface area contributed by atoms with Crippen molar-refractivity contribution in [1.29, 1.82) is 0 Å². The summed E-state index contributed by atoms with van der Waals surface area (Å²) in [6, 6.07) is 15.8. The number of nitrogens with zero attached hydrogens (tertiary/aromatic N) is 2. The number of hydrogen-bond donors (Lipinski definition) is 1. The van der Waals surface area contributed by atoms with Crippen molar-refractivity contribution in [1.82, 2.24) is 4.90 Å². The van der Waals surface area contributed by atoms with Crippen molar-refractivity contribution < 1.29 is 14.7 Å². The van der Waals surface area contributed by atoms with Crippen molar-refractivity contribution in [3.8, 4) is 0 Å². The quantitative estimate of drug-likeness (QED) is 0.523. The predicted molar refractivity (Wildman–Crippen MR) is 126 cm³/mol. The third-order valence-electron chi connectivity index (χ3n) is 5.78. The van der Waals surface area contributed by atoms with Crippen molar-refractivity contribution in [3.05, 3.63) is 77.4 Å². The van der Waals surface area contributed by atoms with Crippen LogP contribution in [0.4, 0.5) is 5.69 Å². The number of carbonyl (C=O) groups is 2. The number of allylic oxidation sites excluding steroid dienone is 1. The van der Waals surface area contributed by atoms with Crippen LogP contribution in [0.3, 0.4) is 0 Å². The molecule has 0 saturated carbocycles. The molecule has 3 rings (SSSR count). The van der Waals surface area contributed by atoms with E-state index in [2.05, 4.69) is 23.9 Å². The van der Waals surface area contributed by atoms with E-state index in [4.69, 9.17) is 5.11 Å². The molecule has 0 spiro atoms. The van der Waals surface area contributed by atoms with E-state index >= 15 is 0 Å². The molecule has 1 fully saturated rings. The van der Waals surface area contributed by atoms with E-state index in [1.807, 2.05) is 48.5 Å². The van der Waals surface area contributed by atoms with Gasteiger partial charge in [-0.25, -0.2) is 0 Å². The van der Waals surface area contributed by atoms with E-state index in [0.717, 1.165) is 42.7 Å². The Morgan fingerprint density at radius 1 is 0.968 bits per heavy atom.